The van der Waals surface area contributed by atoms with Gasteiger partial charge in [-0.15, -0.1) is 11.3 Å². The third kappa shape index (κ3) is 1.90. The van der Waals surface area contributed by atoms with E-state index in [0.29, 0.717) is 0 Å². The lowest BCUT2D eigenvalue weighted by Crippen LogP contribution is -2.06. The van der Waals surface area contributed by atoms with Crippen molar-refractivity contribution in [1.29, 1.82) is 0 Å². The fourth-order valence-corrected chi connectivity index (χ4v) is 2.54. The van der Waals surface area contributed by atoms with Crippen LogP contribution in [0.5, 0.6) is 0 Å². The summed E-state index contributed by atoms with van der Waals surface area (Å²) in [5.41, 5.74) is 2.86. The molecular weight excluding hydrogens is 220 g/mol. The lowest BCUT2D eigenvalue weighted by atomic mass is 10.1. The molecule has 0 aliphatic carbocycles. The third-order valence-electron chi connectivity index (χ3n) is 2.80. The van der Waals surface area contributed by atoms with Crippen molar-refractivity contribution < 1.29 is 5.11 Å². The molecule has 1 N–H and O–H groups in total. The van der Waals surface area contributed by atoms with Crippen LogP contribution in [-0.4, -0.2) is 14.9 Å². The van der Waals surface area contributed by atoms with Gasteiger partial charge in [-0.05, 0) is 30.9 Å². The second-order valence-electron chi connectivity index (χ2n) is 3.87. The quantitative estimate of drug-likeness (QED) is 0.889. The molecule has 0 fully saturated rings. The zero-order valence-electron chi connectivity index (χ0n) is 9.77. The summed E-state index contributed by atoms with van der Waals surface area (Å²) in [7, 11) is 1.87. The molecule has 2 heterocycles. The maximum absolute atomic E-state index is 10.3. The summed E-state index contributed by atoms with van der Waals surface area (Å²) in [5.74, 6) is 0. The normalized spacial score (nSPS) is 13.0. The predicted octanol–water partition coefficient (Wildman–Crippen LogP) is 2.43. The maximum Gasteiger partial charge on any atom is 0.122 e. The Morgan fingerprint density at radius 3 is 2.81 bits per heavy atom. The molecule has 0 aliphatic heterocycles. The molecule has 4 heteroatoms. The first kappa shape index (κ1) is 11.4. The Bertz CT molecular complexity index is 487. The van der Waals surface area contributed by atoms with Gasteiger partial charge in [-0.2, -0.15) is 5.10 Å². The summed E-state index contributed by atoms with van der Waals surface area (Å²) in [6.45, 7) is 4.09. The van der Waals surface area contributed by atoms with E-state index in [1.807, 2.05) is 31.5 Å². The molecule has 0 spiro atoms. The maximum atomic E-state index is 10.3. The number of aryl methyl sites for hydroxylation is 3. The molecule has 0 aliphatic rings. The molecule has 0 amide bonds. The zero-order valence-corrected chi connectivity index (χ0v) is 10.6. The van der Waals surface area contributed by atoms with Crippen LogP contribution in [0.15, 0.2) is 17.5 Å². The van der Waals surface area contributed by atoms with E-state index in [2.05, 4.69) is 12.0 Å². The molecule has 1 atom stereocenters. The molecule has 0 aromatic carbocycles. The summed E-state index contributed by atoms with van der Waals surface area (Å²) in [5, 5.41) is 16.7. The van der Waals surface area contributed by atoms with Crippen LogP contribution >= 0.6 is 11.3 Å². The fraction of sp³-hybridized carbons (Fsp3) is 0.417. The van der Waals surface area contributed by atoms with Crippen LogP contribution in [0, 0.1) is 6.92 Å². The Morgan fingerprint density at radius 2 is 2.31 bits per heavy atom. The van der Waals surface area contributed by atoms with E-state index in [4.69, 9.17) is 0 Å². The van der Waals surface area contributed by atoms with E-state index in [-0.39, 0.29) is 0 Å². The van der Waals surface area contributed by atoms with E-state index in [1.165, 1.54) is 0 Å². The van der Waals surface area contributed by atoms with Gasteiger partial charge in [0.05, 0.1) is 11.4 Å². The van der Waals surface area contributed by atoms with Crippen LogP contribution in [0.25, 0.3) is 0 Å². The highest BCUT2D eigenvalue weighted by atomic mass is 32.1. The van der Waals surface area contributed by atoms with Crippen LogP contribution in [0.1, 0.15) is 34.9 Å². The van der Waals surface area contributed by atoms with Crippen LogP contribution in [-0.2, 0) is 13.5 Å². The Morgan fingerprint density at radius 1 is 1.56 bits per heavy atom. The third-order valence-corrected chi connectivity index (χ3v) is 3.66. The SMILES string of the molecule is CCc1cc(C(O)c2ccsc2C)n(C)n1. The van der Waals surface area contributed by atoms with Crippen molar-refractivity contribution in [2.75, 3.05) is 0 Å². The van der Waals surface area contributed by atoms with Gasteiger partial charge in [0.1, 0.15) is 6.10 Å². The van der Waals surface area contributed by atoms with Gasteiger partial charge in [-0.25, -0.2) is 0 Å². The number of nitrogens with zero attached hydrogens (tertiary/aromatic N) is 2. The van der Waals surface area contributed by atoms with Crippen molar-refractivity contribution in [1.82, 2.24) is 9.78 Å². The lowest BCUT2D eigenvalue weighted by molar-refractivity contribution is 0.209. The standard InChI is InChI=1S/C12H16N2OS/c1-4-9-7-11(14(3)13-9)12(15)10-5-6-16-8(10)2/h5-7,12,15H,4H2,1-3H3. The number of hydrogen-bond donors (Lipinski definition) is 1. The summed E-state index contributed by atoms with van der Waals surface area (Å²) in [6.07, 6.45) is 0.326. The number of aliphatic hydroxyl groups excluding tert-OH is 1. The van der Waals surface area contributed by atoms with Gasteiger partial charge in [-0.1, -0.05) is 6.92 Å². The van der Waals surface area contributed by atoms with Crippen molar-refractivity contribution in [2.24, 2.45) is 7.05 Å². The van der Waals surface area contributed by atoms with Gasteiger partial charge in [0, 0.05) is 17.5 Å². The van der Waals surface area contributed by atoms with E-state index in [9.17, 15) is 5.11 Å². The molecule has 86 valence electrons. The highest BCUT2D eigenvalue weighted by molar-refractivity contribution is 7.10. The van der Waals surface area contributed by atoms with Gasteiger partial charge in [0.15, 0.2) is 0 Å². The molecule has 0 radical (unpaired) electrons. The van der Waals surface area contributed by atoms with Crippen molar-refractivity contribution in [2.45, 2.75) is 26.4 Å². The largest absolute Gasteiger partial charge is 0.382 e. The van der Waals surface area contributed by atoms with Gasteiger partial charge >= 0.3 is 0 Å². The van der Waals surface area contributed by atoms with Gasteiger partial charge in [0.25, 0.3) is 0 Å². The number of thiophene rings is 1. The second-order valence-corrected chi connectivity index (χ2v) is 4.99. The molecule has 2 rings (SSSR count). The Hall–Kier alpha value is -1.13. The highest BCUT2D eigenvalue weighted by Gasteiger charge is 2.18. The molecule has 0 bridgehead atoms. The summed E-state index contributed by atoms with van der Waals surface area (Å²) in [6, 6.07) is 3.95. The first-order chi connectivity index (χ1) is 7.63. The number of rotatable bonds is 3. The Kier molecular flexibility index (Phi) is 3.12. The van der Waals surface area contributed by atoms with E-state index in [1.54, 1.807) is 16.0 Å². The monoisotopic (exact) mass is 236 g/mol. The van der Waals surface area contributed by atoms with Crippen LogP contribution < -0.4 is 0 Å². The molecule has 0 saturated heterocycles. The molecule has 2 aromatic rings. The minimum Gasteiger partial charge on any atom is -0.382 e. The summed E-state index contributed by atoms with van der Waals surface area (Å²) >= 11 is 1.66. The van der Waals surface area contributed by atoms with Crippen molar-refractivity contribution >= 4 is 11.3 Å². The smallest absolute Gasteiger partial charge is 0.122 e. The van der Waals surface area contributed by atoms with E-state index >= 15 is 0 Å². The first-order valence-corrected chi connectivity index (χ1v) is 6.26. The minimum absolute atomic E-state index is 0.566. The number of aliphatic hydroxyl groups is 1. The van der Waals surface area contributed by atoms with Crippen LogP contribution in [0.3, 0.4) is 0 Å². The van der Waals surface area contributed by atoms with Gasteiger partial charge in [-0.3, -0.25) is 4.68 Å². The predicted molar refractivity (Wildman–Crippen MR) is 65.7 cm³/mol. The summed E-state index contributed by atoms with van der Waals surface area (Å²) < 4.78 is 1.76. The number of hydrogen-bond acceptors (Lipinski definition) is 3. The average Bonchev–Trinajstić information content (AvgIpc) is 2.83. The molecule has 0 saturated carbocycles. The fourth-order valence-electron chi connectivity index (χ4n) is 1.81. The summed E-state index contributed by atoms with van der Waals surface area (Å²) in [4.78, 5) is 1.16. The van der Waals surface area contributed by atoms with E-state index < -0.39 is 6.10 Å². The van der Waals surface area contributed by atoms with Crippen molar-refractivity contribution in [3.05, 3.63) is 39.3 Å². The lowest BCUT2D eigenvalue weighted by Gasteiger charge is -2.10. The minimum atomic E-state index is -0.566. The van der Waals surface area contributed by atoms with Crippen LogP contribution in [0.4, 0.5) is 0 Å². The topological polar surface area (TPSA) is 38.0 Å². The average molecular weight is 236 g/mol. The second kappa shape index (κ2) is 4.39. The molecule has 1 unspecified atom stereocenters. The van der Waals surface area contributed by atoms with Gasteiger partial charge < -0.3 is 5.11 Å². The first-order valence-electron chi connectivity index (χ1n) is 5.38. The molecule has 2 aromatic heterocycles. The molecule has 16 heavy (non-hydrogen) atoms. The van der Waals surface area contributed by atoms with Crippen molar-refractivity contribution in [3.8, 4) is 0 Å². The van der Waals surface area contributed by atoms with Crippen molar-refractivity contribution in [3.63, 3.8) is 0 Å². The zero-order chi connectivity index (χ0) is 11.7. The van der Waals surface area contributed by atoms with Gasteiger partial charge in [0.2, 0.25) is 0 Å². The Labute approximate surface area is 99.4 Å². The Balaban J connectivity index is 2.37. The number of aromatic nitrogens is 2. The highest BCUT2D eigenvalue weighted by Crippen LogP contribution is 2.28. The van der Waals surface area contributed by atoms with Crippen LogP contribution in [0.2, 0.25) is 0 Å². The molecule has 3 nitrogen and oxygen atoms in total. The van der Waals surface area contributed by atoms with E-state index in [0.717, 1.165) is 28.2 Å². The molecular formula is C12H16N2OS.